The van der Waals surface area contributed by atoms with E-state index in [0.29, 0.717) is 14.5 Å². The Morgan fingerprint density at radius 2 is 2.00 bits per heavy atom. The molecule has 1 aromatic carbocycles. The fourth-order valence-corrected chi connectivity index (χ4v) is 3.89. The third-order valence-corrected chi connectivity index (χ3v) is 5.11. The number of nitrogens with one attached hydrogen (secondary N) is 3. The van der Waals surface area contributed by atoms with E-state index in [9.17, 15) is 9.59 Å². The summed E-state index contributed by atoms with van der Waals surface area (Å²) in [5.74, 6) is -0.392. The van der Waals surface area contributed by atoms with Crippen LogP contribution in [0.15, 0.2) is 28.6 Å². The number of hydrogen-bond donors (Lipinski definition) is 3. The van der Waals surface area contributed by atoms with Crippen LogP contribution in [0, 0.1) is 0 Å². The number of imide groups is 1. The molecule has 26 heavy (non-hydrogen) atoms. The van der Waals surface area contributed by atoms with E-state index in [1.165, 1.54) is 23.1 Å². The van der Waals surface area contributed by atoms with Gasteiger partial charge in [-0.1, -0.05) is 40.8 Å². The summed E-state index contributed by atoms with van der Waals surface area (Å²) in [5.41, 5.74) is 0.385. The Morgan fingerprint density at radius 3 is 2.65 bits per heavy atom. The van der Waals surface area contributed by atoms with Crippen molar-refractivity contribution in [2.24, 2.45) is 0 Å². The van der Waals surface area contributed by atoms with Crippen LogP contribution in [0.5, 0.6) is 0 Å². The summed E-state index contributed by atoms with van der Waals surface area (Å²) in [6.45, 7) is 7.22. The lowest BCUT2D eigenvalue weighted by Crippen LogP contribution is -2.49. The number of hydrogen-bond acceptors (Lipinski definition) is 7. The minimum Gasteiger partial charge on any atom is -0.333 e. The average molecular weight is 414 g/mol. The molecule has 0 aliphatic heterocycles. The molecule has 0 bridgehead atoms. The number of carbonyl (C=O) groups excluding carboxylic acids is 2. The molecule has 1 heterocycles. The number of nitrogens with zero attached hydrogens (tertiary/aromatic N) is 2. The molecule has 2 rings (SSSR count). The van der Waals surface area contributed by atoms with Gasteiger partial charge in [0.15, 0.2) is 4.34 Å². The van der Waals surface area contributed by atoms with Gasteiger partial charge in [-0.2, -0.15) is 0 Å². The zero-order chi connectivity index (χ0) is 19.3. The van der Waals surface area contributed by atoms with Gasteiger partial charge in [-0.25, -0.2) is 4.79 Å². The largest absolute Gasteiger partial charge is 0.333 e. The first-order chi connectivity index (χ1) is 12.1. The van der Waals surface area contributed by atoms with Gasteiger partial charge < -0.3 is 10.6 Å². The van der Waals surface area contributed by atoms with Crippen molar-refractivity contribution in [3.8, 4) is 0 Å². The number of halogens is 1. The minimum atomic E-state index is -0.518. The molecule has 2 aromatic rings. The maximum Gasteiger partial charge on any atom is 0.321 e. The van der Waals surface area contributed by atoms with Crippen molar-refractivity contribution in [2.75, 3.05) is 5.32 Å². The first-order valence-electron chi connectivity index (χ1n) is 7.78. The van der Waals surface area contributed by atoms with E-state index in [4.69, 9.17) is 11.6 Å². The van der Waals surface area contributed by atoms with E-state index in [1.54, 1.807) is 19.1 Å². The van der Waals surface area contributed by atoms with Crippen LogP contribution < -0.4 is 16.0 Å². The van der Waals surface area contributed by atoms with Gasteiger partial charge in [-0.15, -0.1) is 10.2 Å². The predicted molar refractivity (Wildman–Crippen MR) is 106 cm³/mol. The first kappa shape index (κ1) is 20.5. The third-order valence-electron chi connectivity index (χ3n) is 2.85. The van der Waals surface area contributed by atoms with Gasteiger partial charge in [0.25, 0.3) is 0 Å². The second-order valence-corrected chi connectivity index (χ2v) is 9.46. The van der Waals surface area contributed by atoms with Crippen molar-refractivity contribution in [2.45, 2.75) is 42.8 Å². The van der Waals surface area contributed by atoms with E-state index in [1.807, 2.05) is 32.9 Å². The molecule has 0 aliphatic rings. The van der Waals surface area contributed by atoms with Crippen LogP contribution in [-0.4, -0.2) is 32.9 Å². The Kier molecular flexibility index (Phi) is 6.85. The topological polar surface area (TPSA) is 96.0 Å². The fourth-order valence-electron chi connectivity index (χ4n) is 1.79. The summed E-state index contributed by atoms with van der Waals surface area (Å²) in [7, 11) is 0. The van der Waals surface area contributed by atoms with Gasteiger partial charge in [0.05, 0.1) is 5.25 Å². The molecule has 0 saturated carbocycles. The maximum absolute atomic E-state index is 12.1. The molecule has 1 atom stereocenters. The van der Waals surface area contributed by atoms with E-state index in [0.717, 1.165) is 5.69 Å². The maximum atomic E-state index is 12.1. The minimum absolute atomic E-state index is 0.392. The molecular weight excluding hydrogens is 394 g/mol. The third kappa shape index (κ3) is 6.81. The molecule has 3 N–H and O–H groups in total. The lowest BCUT2D eigenvalue weighted by atomic mass is 10.1. The van der Waals surface area contributed by atoms with Gasteiger partial charge in [0.2, 0.25) is 11.0 Å². The molecule has 0 aliphatic carbocycles. The number of benzene rings is 1. The molecule has 3 amide bonds. The molecule has 0 unspecified atom stereocenters. The van der Waals surface area contributed by atoms with E-state index >= 15 is 0 Å². The number of aromatic nitrogens is 2. The highest BCUT2D eigenvalue weighted by Crippen LogP contribution is 2.30. The second kappa shape index (κ2) is 8.70. The van der Waals surface area contributed by atoms with Crippen LogP contribution in [0.1, 0.15) is 27.7 Å². The zero-order valence-corrected chi connectivity index (χ0v) is 17.2. The van der Waals surface area contributed by atoms with Crippen LogP contribution in [0.2, 0.25) is 5.02 Å². The van der Waals surface area contributed by atoms with Crippen molar-refractivity contribution in [1.82, 2.24) is 20.8 Å². The molecular formula is C16H20ClN5O2S2. The molecule has 0 fully saturated rings. The Morgan fingerprint density at radius 1 is 1.27 bits per heavy atom. The number of thioether (sulfide) groups is 1. The Balaban J connectivity index is 1.89. The second-order valence-electron chi connectivity index (χ2n) is 6.46. The van der Waals surface area contributed by atoms with Gasteiger partial charge in [-0.05, 0) is 45.9 Å². The zero-order valence-electron chi connectivity index (χ0n) is 14.8. The first-order valence-corrected chi connectivity index (χ1v) is 9.85. The van der Waals surface area contributed by atoms with Crippen molar-refractivity contribution in [1.29, 1.82) is 0 Å². The summed E-state index contributed by atoms with van der Waals surface area (Å²) < 4.78 is 0.619. The van der Waals surface area contributed by atoms with Crippen LogP contribution in [0.4, 0.5) is 15.6 Å². The van der Waals surface area contributed by atoms with Gasteiger partial charge >= 0.3 is 6.03 Å². The van der Waals surface area contributed by atoms with Crippen molar-refractivity contribution in [3.63, 3.8) is 0 Å². The molecule has 0 radical (unpaired) electrons. The van der Waals surface area contributed by atoms with Crippen LogP contribution in [0.25, 0.3) is 0 Å². The lowest BCUT2D eigenvalue weighted by molar-refractivity contribution is -0.119. The molecule has 0 saturated heterocycles. The predicted octanol–water partition coefficient (Wildman–Crippen LogP) is 4.04. The number of urea groups is 1. The highest BCUT2D eigenvalue weighted by atomic mass is 35.5. The summed E-state index contributed by atoms with van der Waals surface area (Å²) in [5, 5.41) is 16.9. The standard InChI is InChI=1S/C16H20ClN5O2S2/c1-9(12(23)19-13(24)20-16(2,3)4)25-15-22-21-14(26-15)18-11-7-5-6-10(17)8-11/h5-9H,1-4H3,(H,18,21)(H2,19,20,23,24)/t9-/m1/s1. The van der Waals surface area contributed by atoms with E-state index in [-0.39, 0.29) is 0 Å². The molecule has 7 nitrogen and oxygen atoms in total. The highest BCUT2D eigenvalue weighted by molar-refractivity contribution is 8.02. The van der Waals surface area contributed by atoms with Gasteiger partial charge in [0, 0.05) is 16.2 Å². The molecule has 1 aromatic heterocycles. The smallest absolute Gasteiger partial charge is 0.321 e. The van der Waals surface area contributed by atoms with E-state index in [2.05, 4.69) is 26.1 Å². The molecule has 0 spiro atoms. The Labute approximate surface area is 165 Å². The van der Waals surface area contributed by atoms with Crippen molar-refractivity contribution >= 4 is 57.5 Å². The van der Waals surface area contributed by atoms with Crippen LogP contribution in [0.3, 0.4) is 0 Å². The number of rotatable bonds is 5. The lowest BCUT2D eigenvalue weighted by Gasteiger charge is -2.20. The number of anilines is 2. The quantitative estimate of drug-likeness (QED) is 0.640. The fraction of sp³-hybridized carbons (Fsp3) is 0.375. The summed E-state index contributed by atoms with van der Waals surface area (Å²) in [4.78, 5) is 23.9. The van der Waals surface area contributed by atoms with Crippen LogP contribution >= 0.6 is 34.7 Å². The number of amides is 3. The Bertz CT molecular complexity index is 791. The van der Waals surface area contributed by atoms with Crippen LogP contribution in [-0.2, 0) is 4.79 Å². The summed E-state index contributed by atoms with van der Waals surface area (Å²) in [6, 6.07) is 6.74. The molecule has 140 valence electrons. The van der Waals surface area contributed by atoms with Crippen molar-refractivity contribution < 1.29 is 9.59 Å². The van der Waals surface area contributed by atoms with Crippen molar-refractivity contribution in [3.05, 3.63) is 29.3 Å². The average Bonchev–Trinajstić information content (AvgIpc) is 2.92. The molecule has 10 heteroatoms. The summed E-state index contributed by atoms with van der Waals surface area (Å²) in [6.07, 6.45) is 0. The monoisotopic (exact) mass is 413 g/mol. The highest BCUT2D eigenvalue weighted by Gasteiger charge is 2.21. The summed E-state index contributed by atoms with van der Waals surface area (Å²) >= 11 is 8.49. The normalized spacial score (nSPS) is 12.3. The number of carbonyl (C=O) groups is 2. The van der Waals surface area contributed by atoms with Gasteiger partial charge in [-0.3, -0.25) is 10.1 Å². The SMILES string of the molecule is C[C@@H](Sc1nnc(Nc2cccc(Cl)c2)s1)C(=O)NC(=O)NC(C)(C)C. The van der Waals surface area contributed by atoms with E-state index < -0.39 is 22.7 Å². The van der Waals surface area contributed by atoms with Gasteiger partial charge in [0.1, 0.15) is 0 Å². The Hall–Kier alpha value is -1.84.